The monoisotopic (exact) mass is 574 g/mol. The van der Waals surface area contributed by atoms with Gasteiger partial charge in [-0.15, -0.1) is 0 Å². The highest BCUT2D eigenvalue weighted by atomic mass is 16.5. The van der Waals surface area contributed by atoms with Gasteiger partial charge in [0, 0.05) is 32.4 Å². The minimum atomic E-state index is -0.687. The van der Waals surface area contributed by atoms with E-state index in [9.17, 15) is 14.4 Å². The van der Waals surface area contributed by atoms with Crippen molar-refractivity contribution in [3.05, 3.63) is 0 Å². The number of aliphatic carboxylic acids is 1. The molecule has 4 N–H and O–H groups in total. The number of unbranched alkanes of at least 4 members (excludes halogenated alkanes) is 13. The number of rotatable bonds is 32. The minimum Gasteiger partial charge on any atom is -0.481 e. The van der Waals surface area contributed by atoms with E-state index >= 15 is 0 Å². The largest absolute Gasteiger partial charge is 0.481 e. The zero-order valence-corrected chi connectivity index (χ0v) is 24.9. The highest BCUT2D eigenvalue weighted by Gasteiger charge is 2.04. The summed E-state index contributed by atoms with van der Waals surface area (Å²) in [5.74, 6) is -0.661. The van der Waals surface area contributed by atoms with Gasteiger partial charge in [0.15, 0.2) is 0 Å². The highest BCUT2D eigenvalue weighted by molar-refractivity contribution is 5.77. The molecule has 0 heterocycles. The first kappa shape index (κ1) is 38.2. The predicted octanol–water partition coefficient (Wildman–Crippen LogP) is 4.37. The lowest BCUT2D eigenvalue weighted by atomic mass is 10.0. The summed E-state index contributed by atoms with van der Waals surface area (Å²) in [5.41, 5.74) is 0. The Morgan fingerprint density at radius 2 is 0.825 bits per heavy atom. The summed E-state index contributed by atoms with van der Waals surface area (Å²) in [5, 5.41) is 22.9. The molecule has 40 heavy (non-hydrogen) atoms. The normalized spacial score (nSPS) is 11.0. The molecule has 0 rings (SSSR count). The molecular formula is C30H58N2O8. The number of aliphatic hydroxyl groups is 1. The van der Waals surface area contributed by atoms with Gasteiger partial charge >= 0.3 is 5.97 Å². The maximum atomic E-state index is 12.0. The van der Waals surface area contributed by atoms with Crippen LogP contribution in [0, 0.1) is 0 Å². The molecule has 0 radical (unpaired) electrons. The molecule has 0 aromatic heterocycles. The Morgan fingerprint density at radius 1 is 0.450 bits per heavy atom. The fourth-order valence-electron chi connectivity index (χ4n) is 4.21. The second-order valence-corrected chi connectivity index (χ2v) is 10.2. The van der Waals surface area contributed by atoms with Crippen molar-refractivity contribution in [2.24, 2.45) is 0 Å². The Labute approximate surface area is 242 Å². The van der Waals surface area contributed by atoms with Crippen LogP contribution >= 0.6 is 0 Å². The van der Waals surface area contributed by atoms with Crippen LogP contribution in [0.1, 0.15) is 116 Å². The Bertz CT molecular complexity index is 592. The second kappa shape index (κ2) is 31.8. The van der Waals surface area contributed by atoms with Crippen LogP contribution in [0.3, 0.4) is 0 Å². The van der Waals surface area contributed by atoms with Crippen LogP contribution in [0.25, 0.3) is 0 Å². The second-order valence-electron chi connectivity index (χ2n) is 10.2. The number of nitrogens with one attached hydrogen (secondary N) is 2. The molecule has 0 aromatic carbocycles. The molecule has 10 nitrogen and oxygen atoms in total. The van der Waals surface area contributed by atoms with Crippen molar-refractivity contribution in [1.29, 1.82) is 0 Å². The van der Waals surface area contributed by atoms with Gasteiger partial charge in [-0.1, -0.05) is 77.0 Å². The summed E-state index contributed by atoms with van der Waals surface area (Å²) < 4.78 is 15.8. The Morgan fingerprint density at radius 3 is 1.30 bits per heavy atom. The SMILES string of the molecule is O=C(O)CCCCCCCCCCCCCCCCC(=O)NCCCC(=O)NCCOCCOCCOCCO. The number of carboxylic acid groups (broad SMARTS) is 1. The van der Waals surface area contributed by atoms with Crippen molar-refractivity contribution >= 4 is 17.8 Å². The van der Waals surface area contributed by atoms with Gasteiger partial charge in [-0.3, -0.25) is 14.4 Å². The molecule has 0 aromatic rings. The third-order valence-corrected chi connectivity index (χ3v) is 6.50. The number of ether oxygens (including phenoxy) is 3. The van der Waals surface area contributed by atoms with Crippen molar-refractivity contribution in [2.75, 3.05) is 59.3 Å². The van der Waals surface area contributed by atoms with Crippen molar-refractivity contribution < 1.29 is 38.8 Å². The van der Waals surface area contributed by atoms with Gasteiger partial charge < -0.3 is 35.1 Å². The average Bonchev–Trinajstić information content (AvgIpc) is 2.93. The van der Waals surface area contributed by atoms with Gasteiger partial charge in [0.05, 0.1) is 46.2 Å². The van der Waals surface area contributed by atoms with Crippen molar-refractivity contribution in [3.8, 4) is 0 Å². The van der Waals surface area contributed by atoms with E-state index in [1.807, 2.05) is 0 Å². The quantitative estimate of drug-likeness (QED) is 0.0868. The van der Waals surface area contributed by atoms with Gasteiger partial charge in [0.25, 0.3) is 0 Å². The number of carbonyl (C=O) groups is 3. The minimum absolute atomic E-state index is 0.00948. The maximum absolute atomic E-state index is 12.0. The molecule has 10 heteroatoms. The van der Waals surface area contributed by atoms with Gasteiger partial charge in [0.2, 0.25) is 11.8 Å². The smallest absolute Gasteiger partial charge is 0.303 e. The van der Waals surface area contributed by atoms with E-state index in [0.717, 1.165) is 32.1 Å². The van der Waals surface area contributed by atoms with Crippen molar-refractivity contribution in [3.63, 3.8) is 0 Å². The number of carbonyl (C=O) groups excluding carboxylic acids is 2. The van der Waals surface area contributed by atoms with Crippen molar-refractivity contribution in [1.82, 2.24) is 10.6 Å². The summed E-state index contributed by atoms with van der Waals surface area (Å²) in [6, 6.07) is 0. The summed E-state index contributed by atoms with van der Waals surface area (Å²) in [4.78, 5) is 34.3. The predicted molar refractivity (Wildman–Crippen MR) is 156 cm³/mol. The molecule has 0 aliphatic heterocycles. The van der Waals surface area contributed by atoms with Crippen molar-refractivity contribution in [2.45, 2.75) is 116 Å². The first-order valence-electron chi connectivity index (χ1n) is 15.7. The molecule has 0 bridgehead atoms. The fraction of sp³-hybridized carbons (Fsp3) is 0.900. The van der Waals surface area contributed by atoms with Crippen LogP contribution < -0.4 is 10.6 Å². The zero-order valence-electron chi connectivity index (χ0n) is 24.9. The average molecular weight is 575 g/mol. The molecule has 236 valence electrons. The molecule has 0 saturated heterocycles. The van der Waals surface area contributed by atoms with E-state index in [-0.39, 0.29) is 18.4 Å². The van der Waals surface area contributed by atoms with Gasteiger partial charge in [0.1, 0.15) is 0 Å². The fourth-order valence-corrected chi connectivity index (χ4v) is 4.21. The van der Waals surface area contributed by atoms with E-state index in [1.54, 1.807) is 0 Å². The highest BCUT2D eigenvalue weighted by Crippen LogP contribution is 2.13. The lowest BCUT2D eigenvalue weighted by molar-refractivity contribution is -0.137. The summed E-state index contributed by atoms with van der Waals surface area (Å²) in [6.07, 6.45) is 18.2. The Hall–Kier alpha value is -1.75. The van der Waals surface area contributed by atoms with Crippen LogP contribution in [-0.2, 0) is 28.6 Å². The third-order valence-electron chi connectivity index (χ3n) is 6.50. The van der Waals surface area contributed by atoms with Crippen LogP contribution in [-0.4, -0.2) is 87.3 Å². The number of hydrogen-bond donors (Lipinski definition) is 4. The third kappa shape index (κ3) is 32.5. The van der Waals surface area contributed by atoms with Gasteiger partial charge in [-0.25, -0.2) is 0 Å². The molecule has 0 aliphatic rings. The van der Waals surface area contributed by atoms with E-state index in [1.165, 1.54) is 57.8 Å². The van der Waals surface area contributed by atoms with Crippen LogP contribution in [0.2, 0.25) is 0 Å². The molecule has 0 aliphatic carbocycles. The number of carboxylic acids is 1. The van der Waals surface area contributed by atoms with Crippen LogP contribution in [0.4, 0.5) is 0 Å². The molecule has 0 atom stereocenters. The first-order chi connectivity index (χ1) is 19.6. The number of aliphatic hydroxyl groups excluding tert-OH is 1. The van der Waals surface area contributed by atoms with Crippen LogP contribution in [0.5, 0.6) is 0 Å². The topological polar surface area (TPSA) is 143 Å². The molecule has 0 unspecified atom stereocenters. The van der Waals surface area contributed by atoms with Gasteiger partial charge in [-0.2, -0.15) is 0 Å². The number of amides is 2. The zero-order chi connectivity index (χ0) is 29.4. The standard InChI is InChI=1S/C30H58N2O8/c33-21-23-39-25-27-40-26-24-38-22-20-32-29(35)17-15-19-31-28(34)16-13-11-9-7-5-3-1-2-4-6-8-10-12-14-18-30(36)37/h33H,1-27H2,(H,31,34)(H,32,35)(H,36,37). The molecule has 0 saturated carbocycles. The molecule has 0 fully saturated rings. The van der Waals surface area contributed by atoms with E-state index in [0.29, 0.717) is 78.4 Å². The van der Waals surface area contributed by atoms with E-state index in [2.05, 4.69) is 10.6 Å². The maximum Gasteiger partial charge on any atom is 0.303 e. The first-order valence-corrected chi connectivity index (χ1v) is 15.7. The molecule has 2 amide bonds. The Kier molecular flexibility index (Phi) is 30.4. The summed E-state index contributed by atoms with van der Waals surface area (Å²) in [7, 11) is 0. The molecule has 0 spiro atoms. The lowest BCUT2D eigenvalue weighted by Crippen LogP contribution is -2.29. The number of hydrogen-bond acceptors (Lipinski definition) is 7. The molecular weight excluding hydrogens is 516 g/mol. The van der Waals surface area contributed by atoms with Crippen LogP contribution in [0.15, 0.2) is 0 Å². The van der Waals surface area contributed by atoms with E-state index < -0.39 is 5.97 Å². The summed E-state index contributed by atoms with van der Waals surface area (Å²) >= 11 is 0. The van der Waals surface area contributed by atoms with E-state index in [4.69, 9.17) is 24.4 Å². The van der Waals surface area contributed by atoms with Gasteiger partial charge in [-0.05, 0) is 19.3 Å². The summed E-state index contributed by atoms with van der Waals surface area (Å²) in [6.45, 7) is 3.53. The lowest BCUT2D eigenvalue weighted by Gasteiger charge is -2.08. The Balaban J connectivity index is 3.27.